The molecule has 0 saturated carbocycles. The fourth-order valence-electron chi connectivity index (χ4n) is 2.94. The van der Waals surface area contributed by atoms with E-state index in [1.54, 1.807) is 0 Å². The molecule has 1 aliphatic carbocycles. The lowest BCUT2D eigenvalue weighted by Crippen LogP contribution is -2.44. The third-order valence-corrected chi connectivity index (χ3v) is 4.28. The van der Waals surface area contributed by atoms with Gasteiger partial charge >= 0.3 is 0 Å². The normalized spacial score (nSPS) is 17.4. The van der Waals surface area contributed by atoms with Crippen LogP contribution >= 0.6 is 0 Å². The number of nitrogens with one attached hydrogen (secondary N) is 1. The summed E-state index contributed by atoms with van der Waals surface area (Å²) in [5.41, 5.74) is 3.19. The van der Waals surface area contributed by atoms with Crippen molar-refractivity contribution in [2.24, 2.45) is 5.41 Å². The van der Waals surface area contributed by atoms with Gasteiger partial charge < -0.3 is 5.32 Å². The van der Waals surface area contributed by atoms with E-state index in [9.17, 15) is 9.59 Å². The van der Waals surface area contributed by atoms with Gasteiger partial charge in [-0.1, -0.05) is 45.4 Å². The molecule has 0 bridgehead atoms. The van der Waals surface area contributed by atoms with Gasteiger partial charge in [-0.05, 0) is 37.2 Å². The zero-order valence-electron chi connectivity index (χ0n) is 13.7. The quantitative estimate of drug-likeness (QED) is 0.864. The number of hydrogen-bond donors (Lipinski definition) is 1. The molecule has 1 aromatic rings. The molecular weight excluding hydrogens is 262 g/mol. The monoisotopic (exact) mass is 287 g/mol. The van der Waals surface area contributed by atoms with Crippen molar-refractivity contribution in [1.29, 1.82) is 0 Å². The van der Waals surface area contributed by atoms with Gasteiger partial charge in [0.25, 0.3) is 0 Å². The summed E-state index contributed by atoms with van der Waals surface area (Å²) in [6, 6.07) is 0.0791. The largest absolute Gasteiger partial charge is 0.374 e. The highest BCUT2D eigenvalue weighted by Gasteiger charge is 2.31. The molecule has 21 heavy (non-hydrogen) atoms. The second kappa shape index (κ2) is 5.63. The Morgan fingerprint density at radius 2 is 1.81 bits per heavy atom. The van der Waals surface area contributed by atoms with E-state index in [0.717, 1.165) is 12.8 Å². The molecule has 0 amide bonds. The average Bonchev–Trinajstić information content (AvgIpc) is 2.42. The van der Waals surface area contributed by atoms with Crippen molar-refractivity contribution in [3.8, 4) is 0 Å². The van der Waals surface area contributed by atoms with Gasteiger partial charge in [-0.2, -0.15) is 0 Å². The molecule has 0 aliphatic heterocycles. The van der Waals surface area contributed by atoms with Gasteiger partial charge in [0.05, 0.1) is 11.7 Å². The highest BCUT2D eigenvalue weighted by molar-refractivity contribution is 5.58. The summed E-state index contributed by atoms with van der Waals surface area (Å²) in [7, 11) is 0. The molecule has 0 fully saturated rings. The van der Waals surface area contributed by atoms with E-state index < -0.39 is 0 Å². The van der Waals surface area contributed by atoms with E-state index >= 15 is 0 Å². The second-order valence-corrected chi connectivity index (χ2v) is 7.06. The van der Waals surface area contributed by atoms with E-state index in [4.69, 9.17) is 0 Å². The standard InChI is InChI=1S/C18H25NO2/c1-6-13-14(16(21)15(13)20)19-17(18(3,4)5)12-9-7-11(2)8-10-12/h7,9,17,19H,6,8,10H2,1-5H3/t17-/m0/s1. The van der Waals surface area contributed by atoms with Crippen molar-refractivity contribution in [2.45, 2.75) is 59.9 Å². The van der Waals surface area contributed by atoms with Gasteiger partial charge in [0, 0.05) is 5.56 Å². The minimum atomic E-state index is -0.357. The third-order valence-electron chi connectivity index (χ3n) is 4.28. The van der Waals surface area contributed by atoms with Gasteiger partial charge in [-0.15, -0.1) is 0 Å². The molecule has 114 valence electrons. The Morgan fingerprint density at radius 1 is 1.14 bits per heavy atom. The third kappa shape index (κ3) is 3.02. The highest BCUT2D eigenvalue weighted by Crippen LogP contribution is 2.33. The maximum Gasteiger partial charge on any atom is 0.249 e. The van der Waals surface area contributed by atoms with Crippen molar-refractivity contribution in [1.82, 2.24) is 0 Å². The Balaban J connectivity index is 2.33. The molecule has 0 unspecified atom stereocenters. The van der Waals surface area contributed by atoms with Crippen LogP contribution in [0.25, 0.3) is 0 Å². The van der Waals surface area contributed by atoms with Crippen LogP contribution in [0.15, 0.2) is 32.9 Å². The van der Waals surface area contributed by atoms with Crippen molar-refractivity contribution in [3.05, 3.63) is 49.3 Å². The SMILES string of the molecule is CCc1c(N[C@@H](C2=CC=C(C)CC2)C(C)(C)C)c(=O)c1=O. The van der Waals surface area contributed by atoms with Crippen LogP contribution in [0.4, 0.5) is 5.69 Å². The summed E-state index contributed by atoms with van der Waals surface area (Å²) in [6.45, 7) is 10.5. The first-order valence-corrected chi connectivity index (χ1v) is 7.70. The van der Waals surface area contributed by atoms with Gasteiger partial charge in [-0.25, -0.2) is 0 Å². The smallest absolute Gasteiger partial charge is 0.249 e. The van der Waals surface area contributed by atoms with Crippen molar-refractivity contribution in [2.75, 3.05) is 5.32 Å². The zero-order valence-corrected chi connectivity index (χ0v) is 13.7. The molecule has 1 aliphatic rings. The molecule has 2 rings (SSSR count). The molecule has 0 saturated heterocycles. The highest BCUT2D eigenvalue weighted by atomic mass is 16.2. The van der Waals surface area contributed by atoms with Crippen LogP contribution in [0.3, 0.4) is 0 Å². The summed E-state index contributed by atoms with van der Waals surface area (Å²) in [6.07, 6.45) is 7.00. The fourth-order valence-corrected chi connectivity index (χ4v) is 2.94. The first-order valence-electron chi connectivity index (χ1n) is 7.70. The van der Waals surface area contributed by atoms with Gasteiger partial charge in [-0.3, -0.25) is 9.59 Å². The maximum atomic E-state index is 11.8. The molecule has 0 aromatic heterocycles. The summed E-state index contributed by atoms with van der Waals surface area (Å²) >= 11 is 0. The van der Waals surface area contributed by atoms with E-state index in [1.165, 1.54) is 11.1 Å². The van der Waals surface area contributed by atoms with Crippen LogP contribution in [-0.4, -0.2) is 6.04 Å². The Hall–Kier alpha value is -1.64. The van der Waals surface area contributed by atoms with E-state index in [-0.39, 0.29) is 22.3 Å². The Kier molecular flexibility index (Phi) is 4.22. The predicted octanol–water partition coefficient (Wildman–Crippen LogP) is 3.34. The molecular formula is C18H25NO2. The zero-order chi connectivity index (χ0) is 15.8. The number of rotatable bonds is 4. The first-order chi connectivity index (χ1) is 9.75. The minimum absolute atomic E-state index is 0.0182. The molecule has 1 aromatic carbocycles. The lowest BCUT2D eigenvalue weighted by molar-refractivity contribution is 0.366. The van der Waals surface area contributed by atoms with Crippen molar-refractivity contribution in [3.63, 3.8) is 0 Å². The average molecular weight is 287 g/mol. The number of allylic oxidation sites excluding steroid dienone is 3. The van der Waals surface area contributed by atoms with Crippen LogP contribution in [0, 0.1) is 5.41 Å². The Labute approximate surface area is 126 Å². The summed E-state index contributed by atoms with van der Waals surface area (Å²) < 4.78 is 0. The molecule has 0 heterocycles. The van der Waals surface area contributed by atoms with Crippen LogP contribution in [0.2, 0.25) is 0 Å². The molecule has 0 radical (unpaired) electrons. The summed E-state index contributed by atoms with van der Waals surface area (Å²) in [4.78, 5) is 23.4. The van der Waals surface area contributed by atoms with E-state index in [1.807, 2.05) is 6.92 Å². The van der Waals surface area contributed by atoms with Crippen LogP contribution in [0.5, 0.6) is 0 Å². The Bertz CT molecular complexity index is 664. The lowest BCUT2D eigenvalue weighted by atomic mass is 9.78. The van der Waals surface area contributed by atoms with E-state index in [2.05, 4.69) is 45.2 Å². The Morgan fingerprint density at radius 3 is 2.29 bits per heavy atom. The predicted molar refractivity (Wildman–Crippen MR) is 88.7 cm³/mol. The van der Waals surface area contributed by atoms with Crippen LogP contribution in [0.1, 0.15) is 53.0 Å². The summed E-state index contributed by atoms with van der Waals surface area (Å²) in [5.74, 6) is 0. The topological polar surface area (TPSA) is 46.2 Å². The molecule has 3 heteroatoms. The van der Waals surface area contributed by atoms with Gasteiger partial charge in [0.1, 0.15) is 0 Å². The fraction of sp³-hybridized carbons (Fsp3) is 0.556. The minimum Gasteiger partial charge on any atom is -0.374 e. The van der Waals surface area contributed by atoms with Gasteiger partial charge in [0.15, 0.2) is 0 Å². The number of anilines is 1. The van der Waals surface area contributed by atoms with Crippen molar-refractivity contribution < 1.29 is 0 Å². The van der Waals surface area contributed by atoms with Gasteiger partial charge in [0.2, 0.25) is 10.9 Å². The van der Waals surface area contributed by atoms with Crippen LogP contribution < -0.4 is 16.2 Å². The molecule has 1 N–H and O–H groups in total. The molecule has 1 atom stereocenters. The molecule has 0 spiro atoms. The number of hydrogen-bond acceptors (Lipinski definition) is 3. The maximum absolute atomic E-state index is 11.8. The molecule has 3 nitrogen and oxygen atoms in total. The summed E-state index contributed by atoms with van der Waals surface area (Å²) in [5, 5.41) is 3.37. The van der Waals surface area contributed by atoms with Crippen molar-refractivity contribution >= 4 is 5.69 Å². The second-order valence-electron chi connectivity index (χ2n) is 7.06. The van der Waals surface area contributed by atoms with E-state index in [0.29, 0.717) is 17.7 Å². The van der Waals surface area contributed by atoms with Crippen LogP contribution in [-0.2, 0) is 6.42 Å². The first kappa shape index (κ1) is 15.7. The lowest BCUT2D eigenvalue weighted by Gasteiger charge is -2.36.